The highest BCUT2D eigenvalue weighted by Gasteiger charge is 1.83. The lowest BCUT2D eigenvalue weighted by atomic mass is 10.5. The Morgan fingerprint density at radius 1 is 1.55 bits per heavy atom. The first-order chi connectivity index (χ1) is 5.43. The van der Waals surface area contributed by atoms with Gasteiger partial charge < -0.3 is 0 Å². The second-order valence-corrected chi connectivity index (χ2v) is 2.39. The van der Waals surface area contributed by atoms with Gasteiger partial charge in [0.05, 0.1) is 0 Å². The minimum atomic E-state index is 0.902. The smallest absolute Gasteiger partial charge is 0.166 e. The maximum Gasteiger partial charge on any atom is 0.166 e. The van der Waals surface area contributed by atoms with Gasteiger partial charge in [0, 0.05) is 18.0 Å². The molecule has 0 aliphatic heterocycles. The first kappa shape index (κ1) is 10.2. The van der Waals surface area contributed by atoms with Crippen molar-refractivity contribution in [2.45, 2.75) is 27.2 Å². The summed E-state index contributed by atoms with van der Waals surface area (Å²) in [5.41, 5.74) is 0. The van der Waals surface area contributed by atoms with Crippen molar-refractivity contribution < 1.29 is 0 Å². The fraction of sp³-hybridized carbons (Fsp3) is 0.444. The van der Waals surface area contributed by atoms with Gasteiger partial charge in [-0.1, -0.05) is 26.7 Å². The molecule has 1 aromatic heterocycles. The van der Waals surface area contributed by atoms with Crippen LogP contribution in [0, 0.1) is 11.8 Å². The second-order valence-electron chi connectivity index (χ2n) is 1.49. The van der Waals surface area contributed by atoms with Crippen LogP contribution in [0.25, 0.3) is 0 Å². The third kappa shape index (κ3) is 4.58. The van der Waals surface area contributed by atoms with Crippen LogP contribution in [0.15, 0.2) is 11.6 Å². The van der Waals surface area contributed by atoms with E-state index in [-0.39, 0.29) is 0 Å². The van der Waals surface area contributed by atoms with E-state index >= 15 is 0 Å². The highest BCUT2D eigenvalue weighted by molar-refractivity contribution is 7.10. The molecule has 0 aliphatic rings. The monoisotopic (exact) mass is 167 g/mol. The summed E-state index contributed by atoms with van der Waals surface area (Å²) in [5, 5.41) is 2.84. The van der Waals surface area contributed by atoms with Crippen molar-refractivity contribution in [1.29, 1.82) is 0 Å². The number of aromatic nitrogens is 1. The highest BCUT2D eigenvalue weighted by Crippen LogP contribution is 2.00. The summed E-state index contributed by atoms with van der Waals surface area (Å²) in [4.78, 5) is 4.00. The molecule has 0 saturated carbocycles. The quantitative estimate of drug-likeness (QED) is 0.541. The van der Waals surface area contributed by atoms with E-state index in [1.807, 2.05) is 26.2 Å². The zero-order valence-corrected chi connectivity index (χ0v) is 8.03. The van der Waals surface area contributed by atoms with Gasteiger partial charge in [0.25, 0.3) is 0 Å². The summed E-state index contributed by atoms with van der Waals surface area (Å²) in [6.07, 6.45) is 2.67. The van der Waals surface area contributed by atoms with Crippen LogP contribution in [-0.2, 0) is 0 Å². The number of hydrogen-bond acceptors (Lipinski definition) is 2. The predicted molar refractivity (Wildman–Crippen MR) is 50.6 cm³/mol. The van der Waals surface area contributed by atoms with Gasteiger partial charge in [-0.2, -0.15) is 0 Å². The van der Waals surface area contributed by atoms with Crippen LogP contribution < -0.4 is 0 Å². The van der Waals surface area contributed by atoms with Gasteiger partial charge in [-0.05, 0) is 5.92 Å². The SMILES string of the molecule is CC.CCC#Cc1nccs1. The van der Waals surface area contributed by atoms with Crippen LogP contribution in [0.5, 0.6) is 0 Å². The maximum absolute atomic E-state index is 4.00. The molecule has 0 atom stereocenters. The molecule has 1 aromatic rings. The van der Waals surface area contributed by atoms with Gasteiger partial charge in [0.2, 0.25) is 0 Å². The molecule has 0 spiro atoms. The van der Waals surface area contributed by atoms with E-state index < -0.39 is 0 Å². The first-order valence-corrected chi connectivity index (χ1v) is 4.70. The predicted octanol–water partition coefficient (Wildman–Crippen LogP) is 2.93. The number of thiazole rings is 1. The molecule has 1 rings (SSSR count). The fourth-order valence-corrected chi connectivity index (χ4v) is 0.953. The summed E-state index contributed by atoms with van der Waals surface area (Å²) in [5.74, 6) is 5.88. The summed E-state index contributed by atoms with van der Waals surface area (Å²) >= 11 is 1.58. The van der Waals surface area contributed by atoms with Gasteiger partial charge in [-0.25, -0.2) is 4.98 Å². The average Bonchev–Trinajstić information content (AvgIpc) is 2.57. The molecule has 60 valence electrons. The minimum absolute atomic E-state index is 0.902. The van der Waals surface area contributed by atoms with Crippen molar-refractivity contribution >= 4 is 11.3 Å². The van der Waals surface area contributed by atoms with E-state index in [4.69, 9.17) is 0 Å². The van der Waals surface area contributed by atoms with Crippen molar-refractivity contribution in [2.24, 2.45) is 0 Å². The van der Waals surface area contributed by atoms with E-state index in [1.54, 1.807) is 17.5 Å². The Bertz CT molecular complexity index is 215. The summed E-state index contributed by atoms with van der Waals surface area (Å²) in [6.45, 7) is 6.03. The largest absolute Gasteiger partial charge is 0.236 e. The van der Waals surface area contributed by atoms with Gasteiger partial charge in [0.1, 0.15) is 0 Å². The molecule has 11 heavy (non-hydrogen) atoms. The van der Waals surface area contributed by atoms with Gasteiger partial charge in [-0.15, -0.1) is 11.3 Å². The minimum Gasteiger partial charge on any atom is -0.236 e. The number of rotatable bonds is 0. The third-order valence-electron chi connectivity index (χ3n) is 0.804. The Balaban J connectivity index is 0.000000461. The molecule has 2 heteroatoms. The Hall–Kier alpha value is -0.810. The molecule has 1 nitrogen and oxygen atoms in total. The molecule has 0 radical (unpaired) electrons. The van der Waals surface area contributed by atoms with Crippen molar-refractivity contribution in [1.82, 2.24) is 4.98 Å². The van der Waals surface area contributed by atoms with Crippen LogP contribution in [0.1, 0.15) is 32.2 Å². The topological polar surface area (TPSA) is 12.9 Å². The zero-order valence-electron chi connectivity index (χ0n) is 7.22. The highest BCUT2D eigenvalue weighted by atomic mass is 32.1. The fourth-order valence-electron chi connectivity index (χ4n) is 0.449. The van der Waals surface area contributed by atoms with Crippen LogP contribution in [0.4, 0.5) is 0 Å². The Morgan fingerprint density at radius 3 is 2.73 bits per heavy atom. The van der Waals surface area contributed by atoms with Crippen molar-refractivity contribution in [3.05, 3.63) is 16.6 Å². The van der Waals surface area contributed by atoms with Gasteiger partial charge >= 0.3 is 0 Å². The van der Waals surface area contributed by atoms with E-state index in [9.17, 15) is 0 Å². The molecule has 0 unspecified atom stereocenters. The summed E-state index contributed by atoms with van der Waals surface area (Å²) < 4.78 is 0. The maximum atomic E-state index is 4.00. The van der Waals surface area contributed by atoms with Crippen molar-refractivity contribution in [3.63, 3.8) is 0 Å². The van der Waals surface area contributed by atoms with E-state index in [0.717, 1.165) is 11.4 Å². The average molecular weight is 167 g/mol. The lowest BCUT2D eigenvalue weighted by Gasteiger charge is -1.71. The molecule has 0 aromatic carbocycles. The molecular formula is C9H13NS. The Kier molecular flexibility index (Phi) is 6.76. The molecule has 0 saturated heterocycles. The molecule has 0 aliphatic carbocycles. The third-order valence-corrected chi connectivity index (χ3v) is 1.49. The van der Waals surface area contributed by atoms with Crippen molar-refractivity contribution in [2.75, 3.05) is 0 Å². The lowest BCUT2D eigenvalue weighted by Crippen LogP contribution is -1.65. The second kappa shape index (κ2) is 7.30. The van der Waals surface area contributed by atoms with E-state index in [0.29, 0.717) is 0 Å². The van der Waals surface area contributed by atoms with Crippen molar-refractivity contribution in [3.8, 4) is 11.8 Å². The van der Waals surface area contributed by atoms with Crippen LogP contribution in [0.2, 0.25) is 0 Å². The zero-order chi connectivity index (χ0) is 8.53. The standard InChI is InChI=1S/C7H7NS.C2H6/c1-2-3-4-7-8-5-6-9-7;1-2/h5-6H,2H2,1H3;1-2H3. The van der Waals surface area contributed by atoms with E-state index in [1.165, 1.54) is 0 Å². The molecule has 0 N–H and O–H groups in total. The van der Waals surface area contributed by atoms with E-state index in [2.05, 4.69) is 16.8 Å². The Morgan fingerprint density at radius 2 is 2.27 bits per heavy atom. The van der Waals surface area contributed by atoms with Crippen LogP contribution >= 0.6 is 11.3 Å². The summed E-state index contributed by atoms with van der Waals surface area (Å²) in [6, 6.07) is 0. The van der Waals surface area contributed by atoms with Gasteiger partial charge in [-0.3, -0.25) is 0 Å². The van der Waals surface area contributed by atoms with Crippen LogP contribution in [0.3, 0.4) is 0 Å². The molecular weight excluding hydrogens is 154 g/mol. The molecule has 0 amide bonds. The number of hydrogen-bond donors (Lipinski definition) is 0. The molecule has 0 bridgehead atoms. The van der Waals surface area contributed by atoms with Gasteiger partial charge in [0.15, 0.2) is 5.01 Å². The molecule has 1 heterocycles. The first-order valence-electron chi connectivity index (χ1n) is 3.82. The Labute approximate surface area is 72.5 Å². The normalized spacial score (nSPS) is 7.18. The van der Waals surface area contributed by atoms with Crippen LogP contribution in [-0.4, -0.2) is 4.98 Å². The molecule has 0 fully saturated rings. The summed E-state index contributed by atoms with van der Waals surface area (Å²) in [7, 11) is 0. The lowest BCUT2D eigenvalue weighted by molar-refractivity contribution is 1.27. The number of nitrogens with zero attached hydrogens (tertiary/aromatic N) is 1.